The molecule has 1 atom stereocenters. The van der Waals surface area contributed by atoms with Crippen LogP contribution in [0.5, 0.6) is 0 Å². The fourth-order valence-corrected chi connectivity index (χ4v) is 3.21. The molecule has 0 saturated heterocycles. The van der Waals surface area contributed by atoms with Crippen LogP contribution in [0.4, 0.5) is 10.6 Å². The Balaban J connectivity index is 1.99. The molecule has 1 saturated carbocycles. The maximum Gasteiger partial charge on any atom is 0.326 e. The molecule has 0 aromatic carbocycles. The van der Waals surface area contributed by atoms with Crippen LogP contribution in [0.3, 0.4) is 0 Å². The van der Waals surface area contributed by atoms with Crippen LogP contribution >= 0.6 is 0 Å². The molecule has 22 heavy (non-hydrogen) atoms. The summed E-state index contributed by atoms with van der Waals surface area (Å²) in [4.78, 5) is 16.7. The topological polar surface area (TPSA) is 70.0 Å². The zero-order chi connectivity index (χ0) is 15.6. The lowest BCUT2D eigenvalue weighted by molar-refractivity contribution is 0.242. The van der Waals surface area contributed by atoms with E-state index in [1.165, 1.54) is 11.0 Å². The lowest BCUT2D eigenvalue weighted by Crippen LogP contribution is -2.38. The third-order valence-corrected chi connectivity index (χ3v) is 4.46. The number of nitrogens with zero attached hydrogens (tertiary/aromatic N) is 3. The van der Waals surface area contributed by atoms with Gasteiger partial charge in [0.15, 0.2) is 0 Å². The second kappa shape index (κ2) is 6.06. The summed E-state index contributed by atoms with van der Waals surface area (Å²) >= 11 is 0. The summed E-state index contributed by atoms with van der Waals surface area (Å²) in [6.07, 6.45) is 14.2. The molecule has 1 aliphatic carbocycles. The highest BCUT2D eigenvalue weighted by atomic mass is 16.5. The van der Waals surface area contributed by atoms with Gasteiger partial charge in [-0.2, -0.15) is 4.98 Å². The van der Waals surface area contributed by atoms with Crippen LogP contribution in [0.2, 0.25) is 0 Å². The molecule has 1 aromatic heterocycles. The summed E-state index contributed by atoms with van der Waals surface area (Å²) in [5, 5.41) is 15.5. The van der Waals surface area contributed by atoms with Crippen molar-refractivity contribution in [2.45, 2.75) is 38.0 Å². The van der Waals surface area contributed by atoms with E-state index in [4.69, 9.17) is 0 Å². The molecule has 6 heteroatoms. The predicted octanol–water partition coefficient (Wildman–Crippen LogP) is 3.01. The van der Waals surface area contributed by atoms with E-state index in [2.05, 4.69) is 10.3 Å². The number of quaternary nitrogens is 1. The van der Waals surface area contributed by atoms with E-state index in [0.717, 1.165) is 31.5 Å². The third kappa shape index (κ3) is 2.71. The van der Waals surface area contributed by atoms with E-state index in [9.17, 15) is 10.0 Å². The highest BCUT2D eigenvalue weighted by molar-refractivity contribution is 5.78. The van der Waals surface area contributed by atoms with Gasteiger partial charge in [-0.25, -0.2) is 9.36 Å². The van der Waals surface area contributed by atoms with Crippen LogP contribution in [-0.2, 0) is 0 Å². The second-order valence-corrected chi connectivity index (χ2v) is 5.97. The number of allylic oxidation sites excluding steroid dienone is 2. The van der Waals surface area contributed by atoms with E-state index >= 15 is 0 Å². The maximum absolute atomic E-state index is 12.9. The van der Waals surface area contributed by atoms with Gasteiger partial charge in [0.05, 0.1) is 6.20 Å². The van der Waals surface area contributed by atoms with Gasteiger partial charge in [-0.3, -0.25) is 4.65 Å². The first-order chi connectivity index (χ1) is 10.6. The van der Waals surface area contributed by atoms with E-state index in [1.54, 1.807) is 25.5 Å². The Bertz CT molecular complexity index is 614. The SMILES string of the molecule is CNC(=O)n1cc([N+]2([O-])C=CC=CC2)nc1C1CCCCC1. The largest absolute Gasteiger partial charge is 0.621 e. The quantitative estimate of drug-likeness (QED) is 0.674. The van der Waals surface area contributed by atoms with Crippen LogP contribution < -0.4 is 9.96 Å². The molecular weight excluding hydrogens is 280 g/mol. The number of amides is 1. The van der Waals surface area contributed by atoms with Crippen molar-refractivity contribution in [1.82, 2.24) is 19.5 Å². The van der Waals surface area contributed by atoms with Crippen molar-refractivity contribution in [3.05, 3.63) is 41.7 Å². The number of nitrogens with one attached hydrogen (secondary N) is 1. The van der Waals surface area contributed by atoms with Crippen molar-refractivity contribution in [3.63, 3.8) is 0 Å². The molecular formula is C16H22N4O2. The minimum absolute atomic E-state index is 0.234. The molecule has 118 valence electrons. The molecule has 0 spiro atoms. The van der Waals surface area contributed by atoms with Gasteiger partial charge in [0.2, 0.25) is 0 Å². The minimum Gasteiger partial charge on any atom is -0.621 e. The van der Waals surface area contributed by atoms with Gasteiger partial charge < -0.3 is 10.5 Å². The fourth-order valence-electron chi connectivity index (χ4n) is 3.21. The molecule has 1 fully saturated rings. The molecule has 1 aromatic rings. The van der Waals surface area contributed by atoms with Crippen LogP contribution in [0, 0.1) is 5.21 Å². The predicted molar refractivity (Wildman–Crippen MR) is 86.2 cm³/mol. The summed E-state index contributed by atoms with van der Waals surface area (Å²) in [5.74, 6) is 1.37. The Labute approximate surface area is 130 Å². The van der Waals surface area contributed by atoms with E-state index < -0.39 is 4.65 Å². The van der Waals surface area contributed by atoms with Gasteiger partial charge in [-0.05, 0) is 25.0 Å². The molecule has 1 aliphatic heterocycles. The molecule has 1 unspecified atom stereocenters. The van der Waals surface area contributed by atoms with Gasteiger partial charge in [0, 0.05) is 13.0 Å². The Hall–Kier alpha value is -1.92. The van der Waals surface area contributed by atoms with Crippen molar-refractivity contribution in [2.75, 3.05) is 13.6 Å². The van der Waals surface area contributed by atoms with Crippen molar-refractivity contribution < 1.29 is 4.79 Å². The standard InChI is InChI=1S/C16H22N4O2/c1-17-16(21)19-12-14(20(22)10-6-3-7-11-20)18-15(19)13-8-4-2-5-9-13/h3,6-7,10,12-13H,2,4-5,8-9,11H2,1H3,(H,17,21). The molecule has 6 nitrogen and oxygen atoms in total. The van der Waals surface area contributed by atoms with Crippen LogP contribution in [0.15, 0.2) is 30.6 Å². The zero-order valence-electron chi connectivity index (χ0n) is 12.9. The zero-order valence-corrected chi connectivity index (χ0v) is 12.9. The van der Waals surface area contributed by atoms with E-state index in [-0.39, 0.29) is 11.9 Å². The van der Waals surface area contributed by atoms with Crippen LogP contribution in [-0.4, -0.2) is 29.2 Å². The van der Waals surface area contributed by atoms with Crippen LogP contribution in [0.25, 0.3) is 0 Å². The molecule has 0 radical (unpaired) electrons. The number of hydroxylamine groups is 2. The highest BCUT2D eigenvalue weighted by Crippen LogP contribution is 2.34. The number of hydrogen-bond acceptors (Lipinski definition) is 3. The molecule has 0 bridgehead atoms. The lowest BCUT2D eigenvalue weighted by Gasteiger charge is -2.36. The molecule has 1 amide bonds. The highest BCUT2D eigenvalue weighted by Gasteiger charge is 2.29. The lowest BCUT2D eigenvalue weighted by atomic mass is 9.89. The Morgan fingerprint density at radius 3 is 2.77 bits per heavy atom. The molecule has 2 heterocycles. The van der Waals surface area contributed by atoms with Gasteiger partial charge in [-0.15, -0.1) is 0 Å². The number of hydrogen-bond donors (Lipinski definition) is 1. The van der Waals surface area contributed by atoms with Crippen molar-refractivity contribution in [1.29, 1.82) is 0 Å². The van der Waals surface area contributed by atoms with E-state index in [1.807, 2.05) is 12.2 Å². The maximum atomic E-state index is 12.9. The van der Waals surface area contributed by atoms with E-state index in [0.29, 0.717) is 12.4 Å². The van der Waals surface area contributed by atoms with Crippen molar-refractivity contribution in [3.8, 4) is 0 Å². The van der Waals surface area contributed by atoms with Crippen molar-refractivity contribution in [2.24, 2.45) is 0 Å². The third-order valence-electron chi connectivity index (χ3n) is 4.46. The first-order valence-corrected chi connectivity index (χ1v) is 7.89. The monoisotopic (exact) mass is 302 g/mol. The Morgan fingerprint density at radius 2 is 2.14 bits per heavy atom. The van der Waals surface area contributed by atoms with Gasteiger partial charge in [0.1, 0.15) is 18.6 Å². The number of carbonyl (C=O) groups excluding carboxylic acids is 1. The first kappa shape index (κ1) is 15.0. The molecule has 2 aliphatic rings. The molecule has 1 N–H and O–H groups in total. The smallest absolute Gasteiger partial charge is 0.326 e. The minimum atomic E-state index is -0.639. The van der Waals surface area contributed by atoms with Gasteiger partial charge in [0.25, 0.3) is 5.82 Å². The number of carbonyl (C=O) groups is 1. The second-order valence-electron chi connectivity index (χ2n) is 5.97. The summed E-state index contributed by atoms with van der Waals surface area (Å²) in [5.41, 5.74) is 0. The summed E-state index contributed by atoms with van der Waals surface area (Å²) in [6.45, 7) is 0.311. The summed E-state index contributed by atoms with van der Waals surface area (Å²) < 4.78 is 0.885. The number of imidazole rings is 1. The first-order valence-electron chi connectivity index (χ1n) is 7.89. The average molecular weight is 302 g/mol. The normalized spacial score (nSPS) is 25.4. The summed E-state index contributed by atoms with van der Waals surface area (Å²) in [7, 11) is 1.59. The van der Waals surface area contributed by atoms with Crippen LogP contribution in [0.1, 0.15) is 43.8 Å². The van der Waals surface area contributed by atoms with Gasteiger partial charge >= 0.3 is 6.03 Å². The summed E-state index contributed by atoms with van der Waals surface area (Å²) in [6, 6.07) is -0.234. The Kier molecular flexibility index (Phi) is 4.13. The average Bonchev–Trinajstić information content (AvgIpc) is 3.02. The number of rotatable bonds is 2. The Morgan fingerprint density at radius 1 is 1.36 bits per heavy atom. The number of aromatic nitrogens is 2. The molecule has 3 rings (SSSR count). The fraction of sp³-hybridized carbons (Fsp3) is 0.500. The van der Waals surface area contributed by atoms with Gasteiger partial charge in [-0.1, -0.05) is 25.3 Å². The van der Waals surface area contributed by atoms with Crippen molar-refractivity contribution >= 4 is 11.8 Å².